The molecule has 2 aliphatic rings. The van der Waals surface area contributed by atoms with E-state index in [9.17, 15) is 4.79 Å². The van der Waals surface area contributed by atoms with Gasteiger partial charge in [0.05, 0.1) is 12.7 Å². The molecule has 0 aliphatic carbocycles. The van der Waals surface area contributed by atoms with Gasteiger partial charge in [-0.1, -0.05) is 29.8 Å². The first-order chi connectivity index (χ1) is 14.6. The molecular weight excluding hydrogens is 380 g/mol. The average molecular weight is 417 g/mol. The monoisotopic (exact) mass is 416 g/mol. The van der Waals surface area contributed by atoms with E-state index in [1.165, 1.54) is 11.1 Å². The molecule has 2 N–H and O–H groups in total. The van der Waals surface area contributed by atoms with Crippen molar-refractivity contribution in [1.29, 1.82) is 0 Å². The number of hydrogen-bond donors (Lipinski definition) is 2. The van der Waals surface area contributed by atoms with Crippen LogP contribution in [0.3, 0.4) is 0 Å². The Kier molecular flexibility index (Phi) is 8.37. The van der Waals surface area contributed by atoms with Crippen LogP contribution in [-0.2, 0) is 9.47 Å². The van der Waals surface area contributed by atoms with E-state index in [1.54, 1.807) is 11.9 Å². The zero-order valence-corrected chi connectivity index (χ0v) is 18.5. The predicted molar refractivity (Wildman–Crippen MR) is 119 cm³/mol. The lowest BCUT2D eigenvalue weighted by molar-refractivity contribution is -0.0265. The zero-order valence-electron chi connectivity index (χ0n) is 18.5. The summed E-state index contributed by atoms with van der Waals surface area (Å²) in [5.41, 5.74) is 2.52. The van der Waals surface area contributed by atoms with Crippen molar-refractivity contribution in [3.63, 3.8) is 0 Å². The molecule has 1 aromatic carbocycles. The van der Waals surface area contributed by atoms with Gasteiger partial charge in [-0.15, -0.1) is 0 Å². The van der Waals surface area contributed by atoms with Crippen LogP contribution < -0.4 is 10.6 Å². The maximum atomic E-state index is 11.9. The van der Waals surface area contributed by atoms with Crippen molar-refractivity contribution in [2.45, 2.75) is 51.7 Å². The zero-order chi connectivity index (χ0) is 21.3. The van der Waals surface area contributed by atoms with Gasteiger partial charge in [-0.05, 0) is 45.1 Å². The molecule has 166 valence electrons. The Morgan fingerprint density at radius 2 is 1.97 bits per heavy atom. The molecule has 2 unspecified atom stereocenters. The minimum absolute atomic E-state index is 0.123. The van der Waals surface area contributed by atoms with Crippen LogP contribution in [0.25, 0.3) is 0 Å². The SMILES string of the molecule is CCOC(=O)N1CCC(NC(=NC)NCC2CCCOC2c2ccc(C)cc2)CC1. The van der Waals surface area contributed by atoms with Crippen LogP contribution in [0.1, 0.15) is 49.8 Å². The number of likely N-dealkylation sites (tertiary alicyclic amines) is 1. The molecule has 7 nitrogen and oxygen atoms in total. The number of rotatable bonds is 5. The molecular formula is C23H36N4O3. The molecule has 2 heterocycles. The highest BCUT2D eigenvalue weighted by molar-refractivity contribution is 5.80. The van der Waals surface area contributed by atoms with Gasteiger partial charge in [-0.25, -0.2) is 4.79 Å². The average Bonchev–Trinajstić information content (AvgIpc) is 2.78. The number of aryl methyl sites for hydroxylation is 1. The Labute approximate surface area is 180 Å². The molecule has 0 aromatic heterocycles. The Bertz CT molecular complexity index is 699. The third-order valence-corrected chi connectivity index (χ3v) is 5.97. The molecule has 0 radical (unpaired) electrons. The molecule has 0 saturated carbocycles. The molecule has 2 fully saturated rings. The third kappa shape index (κ3) is 6.11. The first-order valence-electron chi connectivity index (χ1n) is 11.2. The Morgan fingerprint density at radius 1 is 1.23 bits per heavy atom. The van der Waals surface area contributed by atoms with E-state index < -0.39 is 0 Å². The first-order valence-corrected chi connectivity index (χ1v) is 11.2. The van der Waals surface area contributed by atoms with E-state index in [1.807, 2.05) is 6.92 Å². The standard InChI is InChI=1S/C23H36N4O3/c1-4-29-23(28)27-13-11-20(12-14-27)26-22(24-3)25-16-19-6-5-15-30-21(19)18-9-7-17(2)8-10-18/h7-10,19-21H,4-6,11-16H2,1-3H3,(H2,24,25,26). The van der Waals surface area contributed by atoms with E-state index >= 15 is 0 Å². The normalized spacial score (nSPS) is 23.2. The number of carbonyl (C=O) groups excluding carboxylic acids is 1. The van der Waals surface area contributed by atoms with Gasteiger partial charge in [0.1, 0.15) is 0 Å². The van der Waals surface area contributed by atoms with E-state index in [0.717, 1.165) is 44.8 Å². The molecule has 7 heteroatoms. The summed E-state index contributed by atoms with van der Waals surface area (Å²) in [4.78, 5) is 18.1. The molecule has 30 heavy (non-hydrogen) atoms. The lowest BCUT2D eigenvalue weighted by atomic mass is 9.89. The van der Waals surface area contributed by atoms with E-state index in [0.29, 0.717) is 31.7 Å². The second-order valence-corrected chi connectivity index (χ2v) is 8.16. The minimum Gasteiger partial charge on any atom is -0.450 e. The predicted octanol–water partition coefficient (Wildman–Crippen LogP) is 3.25. The molecule has 1 aromatic rings. The fourth-order valence-electron chi connectivity index (χ4n) is 4.21. The molecule has 0 bridgehead atoms. The first kappa shape index (κ1) is 22.4. The number of guanidine groups is 1. The quantitative estimate of drug-likeness (QED) is 0.569. The summed E-state index contributed by atoms with van der Waals surface area (Å²) in [6.07, 6.45) is 3.92. The van der Waals surface area contributed by atoms with Crippen LogP contribution in [0.4, 0.5) is 4.79 Å². The van der Waals surface area contributed by atoms with Gasteiger partial charge < -0.3 is 25.0 Å². The fourth-order valence-corrected chi connectivity index (χ4v) is 4.21. The van der Waals surface area contributed by atoms with Crippen molar-refractivity contribution >= 4 is 12.1 Å². The van der Waals surface area contributed by atoms with Gasteiger partial charge in [0.15, 0.2) is 5.96 Å². The highest BCUT2D eigenvalue weighted by Gasteiger charge is 2.28. The Hall–Kier alpha value is -2.28. The van der Waals surface area contributed by atoms with E-state index in [4.69, 9.17) is 9.47 Å². The summed E-state index contributed by atoms with van der Waals surface area (Å²) >= 11 is 0. The summed E-state index contributed by atoms with van der Waals surface area (Å²) in [6.45, 7) is 7.42. The summed E-state index contributed by atoms with van der Waals surface area (Å²) in [5, 5.41) is 7.02. The number of nitrogens with zero attached hydrogens (tertiary/aromatic N) is 2. The second kappa shape index (κ2) is 11.2. The summed E-state index contributed by atoms with van der Waals surface area (Å²) in [6, 6.07) is 8.98. The van der Waals surface area contributed by atoms with Crippen molar-refractivity contribution < 1.29 is 14.3 Å². The van der Waals surface area contributed by atoms with Crippen LogP contribution >= 0.6 is 0 Å². The van der Waals surface area contributed by atoms with E-state index in [2.05, 4.69) is 46.8 Å². The summed E-state index contributed by atoms with van der Waals surface area (Å²) in [7, 11) is 1.80. The number of piperidine rings is 1. The number of ether oxygens (including phenoxy) is 2. The van der Waals surface area contributed by atoms with Gasteiger partial charge in [0.2, 0.25) is 0 Å². The van der Waals surface area contributed by atoms with Crippen molar-refractivity contribution in [2.75, 3.05) is 39.9 Å². The Morgan fingerprint density at radius 3 is 2.63 bits per heavy atom. The molecule has 3 rings (SSSR count). The van der Waals surface area contributed by atoms with E-state index in [-0.39, 0.29) is 12.2 Å². The summed E-state index contributed by atoms with van der Waals surface area (Å²) in [5.74, 6) is 1.23. The highest BCUT2D eigenvalue weighted by Crippen LogP contribution is 2.33. The van der Waals surface area contributed by atoms with Crippen molar-refractivity contribution in [3.05, 3.63) is 35.4 Å². The third-order valence-electron chi connectivity index (χ3n) is 5.97. The maximum Gasteiger partial charge on any atom is 0.409 e. The molecule has 1 amide bonds. The van der Waals surface area contributed by atoms with Crippen molar-refractivity contribution in [3.8, 4) is 0 Å². The van der Waals surface area contributed by atoms with Gasteiger partial charge in [-0.2, -0.15) is 0 Å². The van der Waals surface area contributed by atoms with Crippen LogP contribution in [0.5, 0.6) is 0 Å². The number of hydrogen-bond acceptors (Lipinski definition) is 4. The minimum atomic E-state index is -0.210. The second-order valence-electron chi connectivity index (χ2n) is 8.16. The highest BCUT2D eigenvalue weighted by atomic mass is 16.6. The van der Waals surface area contributed by atoms with Crippen LogP contribution in [-0.4, -0.2) is 62.9 Å². The molecule has 2 aliphatic heterocycles. The number of nitrogens with one attached hydrogen (secondary N) is 2. The molecule has 2 saturated heterocycles. The van der Waals surface area contributed by atoms with Gasteiger partial charge in [0, 0.05) is 45.2 Å². The smallest absolute Gasteiger partial charge is 0.409 e. The number of carbonyl (C=O) groups is 1. The Balaban J connectivity index is 1.48. The van der Waals surface area contributed by atoms with Crippen LogP contribution in [0.2, 0.25) is 0 Å². The maximum absolute atomic E-state index is 11.9. The molecule has 2 atom stereocenters. The number of benzene rings is 1. The lowest BCUT2D eigenvalue weighted by Crippen LogP contribution is -2.50. The number of aliphatic imine (C=N–C) groups is 1. The fraction of sp³-hybridized carbons (Fsp3) is 0.652. The van der Waals surface area contributed by atoms with Crippen molar-refractivity contribution in [1.82, 2.24) is 15.5 Å². The van der Waals surface area contributed by atoms with Gasteiger partial charge >= 0.3 is 6.09 Å². The van der Waals surface area contributed by atoms with Crippen LogP contribution in [0.15, 0.2) is 29.3 Å². The number of amides is 1. The topological polar surface area (TPSA) is 75.2 Å². The van der Waals surface area contributed by atoms with Crippen LogP contribution in [0, 0.1) is 12.8 Å². The van der Waals surface area contributed by atoms with Gasteiger partial charge in [0.25, 0.3) is 0 Å². The molecule has 0 spiro atoms. The largest absolute Gasteiger partial charge is 0.450 e. The lowest BCUT2D eigenvalue weighted by Gasteiger charge is -2.34. The van der Waals surface area contributed by atoms with Crippen molar-refractivity contribution in [2.24, 2.45) is 10.9 Å². The van der Waals surface area contributed by atoms with Gasteiger partial charge in [-0.3, -0.25) is 4.99 Å². The summed E-state index contributed by atoms with van der Waals surface area (Å²) < 4.78 is 11.2.